The molecular formula is C15H17N3O2S. The number of nitrogens with zero attached hydrogens (tertiary/aromatic N) is 2. The first-order valence-corrected chi connectivity index (χ1v) is 7.67. The zero-order valence-electron chi connectivity index (χ0n) is 12.4. The summed E-state index contributed by atoms with van der Waals surface area (Å²) in [6, 6.07) is 5.93. The fourth-order valence-corrected chi connectivity index (χ4v) is 3.59. The maximum atomic E-state index is 12.3. The summed E-state index contributed by atoms with van der Waals surface area (Å²) in [6.45, 7) is 5.83. The molecule has 2 aliphatic heterocycles. The average molecular weight is 303 g/mol. The van der Waals surface area contributed by atoms with Crippen molar-refractivity contribution >= 4 is 34.3 Å². The Balaban J connectivity index is 2.08. The quantitative estimate of drug-likeness (QED) is 0.867. The van der Waals surface area contributed by atoms with Crippen molar-refractivity contribution in [1.29, 1.82) is 0 Å². The van der Waals surface area contributed by atoms with Crippen LogP contribution in [0.2, 0.25) is 0 Å². The van der Waals surface area contributed by atoms with Gasteiger partial charge in [-0.1, -0.05) is 17.8 Å². The number of rotatable bonds is 1. The van der Waals surface area contributed by atoms with Crippen LogP contribution in [0.1, 0.15) is 31.9 Å². The zero-order valence-corrected chi connectivity index (χ0v) is 13.2. The van der Waals surface area contributed by atoms with Crippen LogP contribution >= 0.6 is 11.8 Å². The summed E-state index contributed by atoms with van der Waals surface area (Å²) in [7, 11) is 1.80. The van der Waals surface area contributed by atoms with Gasteiger partial charge in [-0.2, -0.15) is 5.10 Å². The molecule has 0 saturated heterocycles. The Hall–Kier alpha value is -1.82. The second-order valence-corrected chi connectivity index (χ2v) is 7.19. The van der Waals surface area contributed by atoms with Crippen LogP contribution in [0.5, 0.6) is 0 Å². The third kappa shape index (κ3) is 2.05. The molecule has 0 aromatic heterocycles. The van der Waals surface area contributed by atoms with Crippen molar-refractivity contribution < 1.29 is 9.59 Å². The first kappa shape index (κ1) is 14.1. The highest BCUT2D eigenvalue weighted by molar-refractivity contribution is 8.14. The minimum absolute atomic E-state index is 0.00486. The highest BCUT2D eigenvalue weighted by Crippen LogP contribution is 2.41. The molecule has 0 bridgehead atoms. The molecule has 1 atom stereocenters. The Morgan fingerprint density at radius 1 is 1.33 bits per heavy atom. The number of likely N-dealkylation sites (N-methyl/N-ethyl adjacent to an activating group) is 1. The lowest BCUT2D eigenvalue weighted by atomic mass is 9.85. The van der Waals surface area contributed by atoms with E-state index in [0.29, 0.717) is 0 Å². The summed E-state index contributed by atoms with van der Waals surface area (Å²) in [5, 5.41) is 4.03. The second kappa shape index (κ2) is 4.59. The molecule has 2 heterocycles. The Morgan fingerprint density at radius 2 is 2.05 bits per heavy atom. The van der Waals surface area contributed by atoms with Crippen molar-refractivity contribution in [2.75, 3.05) is 11.9 Å². The van der Waals surface area contributed by atoms with Crippen molar-refractivity contribution in [3.63, 3.8) is 0 Å². The van der Waals surface area contributed by atoms with Gasteiger partial charge < -0.3 is 4.90 Å². The van der Waals surface area contributed by atoms with E-state index in [-0.39, 0.29) is 16.4 Å². The van der Waals surface area contributed by atoms with Crippen LogP contribution < -0.4 is 10.3 Å². The molecule has 0 spiro atoms. The molecule has 1 N–H and O–H groups in total. The fourth-order valence-electron chi connectivity index (χ4n) is 2.87. The van der Waals surface area contributed by atoms with Crippen molar-refractivity contribution in [3.05, 3.63) is 29.3 Å². The molecule has 0 saturated carbocycles. The number of carbonyl (C=O) groups excluding carboxylic acids is 2. The van der Waals surface area contributed by atoms with Gasteiger partial charge in [0, 0.05) is 12.7 Å². The summed E-state index contributed by atoms with van der Waals surface area (Å²) < 4.78 is 0. The molecule has 1 aromatic rings. The van der Waals surface area contributed by atoms with E-state index in [1.54, 1.807) is 11.9 Å². The topological polar surface area (TPSA) is 61.8 Å². The SMILES string of the molecule is CC1SC(=O)NN=C1c1ccc2c(c1)C(C)(C)C(=O)N2C. The van der Waals surface area contributed by atoms with E-state index in [9.17, 15) is 9.59 Å². The van der Waals surface area contributed by atoms with Crippen molar-refractivity contribution in [2.24, 2.45) is 5.10 Å². The van der Waals surface area contributed by atoms with Crippen LogP contribution in [0.3, 0.4) is 0 Å². The van der Waals surface area contributed by atoms with E-state index >= 15 is 0 Å². The van der Waals surface area contributed by atoms with Crippen LogP contribution in [0.25, 0.3) is 0 Å². The third-order valence-corrected chi connectivity index (χ3v) is 4.99. The predicted octanol–water partition coefficient (Wildman–Crippen LogP) is 2.49. The molecule has 21 heavy (non-hydrogen) atoms. The van der Waals surface area contributed by atoms with Gasteiger partial charge in [0.1, 0.15) is 0 Å². The summed E-state index contributed by atoms with van der Waals surface area (Å²) in [5.74, 6) is 0.0935. The second-order valence-electron chi connectivity index (χ2n) is 5.88. The van der Waals surface area contributed by atoms with Gasteiger partial charge in [0.15, 0.2) is 0 Å². The lowest BCUT2D eigenvalue weighted by molar-refractivity contribution is -0.121. The first-order valence-electron chi connectivity index (χ1n) is 6.79. The summed E-state index contributed by atoms with van der Waals surface area (Å²) in [4.78, 5) is 25.3. The number of fused-ring (bicyclic) bond motifs is 1. The van der Waals surface area contributed by atoms with Gasteiger partial charge in [0.2, 0.25) is 5.91 Å². The third-order valence-electron chi connectivity index (χ3n) is 4.10. The number of thioether (sulfide) groups is 1. The van der Waals surface area contributed by atoms with E-state index < -0.39 is 5.41 Å². The fraction of sp³-hybridized carbons (Fsp3) is 0.400. The summed E-state index contributed by atoms with van der Waals surface area (Å²) in [5.41, 5.74) is 5.69. The smallest absolute Gasteiger partial charge is 0.299 e. The Kier molecular flexibility index (Phi) is 3.09. The average Bonchev–Trinajstić information content (AvgIpc) is 2.60. The minimum Gasteiger partial charge on any atom is -0.314 e. The highest BCUT2D eigenvalue weighted by Gasteiger charge is 2.42. The number of carbonyl (C=O) groups is 2. The largest absolute Gasteiger partial charge is 0.314 e. The standard InChI is InChI=1S/C15H17N3O2S/c1-8-12(16-17-14(20)21-8)9-5-6-11-10(7-9)15(2,3)13(19)18(11)4/h5-8H,1-4H3,(H,17,20). The summed E-state index contributed by atoms with van der Waals surface area (Å²) >= 11 is 1.22. The Morgan fingerprint density at radius 3 is 2.71 bits per heavy atom. The van der Waals surface area contributed by atoms with E-state index in [2.05, 4.69) is 10.5 Å². The molecular weight excluding hydrogens is 286 g/mol. The van der Waals surface area contributed by atoms with Gasteiger partial charge in [-0.3, -0.25) is 9.59 Å². The van der Waals surface area contributed by atoms with Crippen molar-refractivity contribution in [3.8, 4) is 0 Å². The number of anilines is 1. The minimum atomic E-state index is -0.533. The van der Waals surface area contributed by atoms with Gasteiger partial charge in [-0.05, 0) is 44.0 Å². The highest BCUT2D eigenvalue weighted by atomic mass is 32.2. The van der Waals surface area contributed by atoms with Gasteiger partial charge >= 0.3 is 0 Å². The molecule has 6 heteroatoms. The molecule has 0 fully saturated rings. The van der Waals surface area contributed by atoms with Crippen molar-refractivity contribution in [1.82, 2.24) is 5.43 Å². The molecule has 3 rings (SSSR count). The molecule has 2 amide bonds. The number of hydrogen-bond acceptors (Lipinski definition) is 4. The van der Waals surface area contributed by atoms with E-state index in [1.807, 2.05) is 39.0 Å². The number of benzene rings is 1. The predicted molar refractivity (Wildman–Crippen MR) is 85.0 cm³/mol. The van der Waals surface area contributed by atoms with E-state index in [0.717, 1.165) is 22.5 Å². The molecule has 1 unspecified atom stereocenters. The maximum Gasteiger partial charge on any atom is 0.299 e. The molecule has 5 nitrogen and oxygen atoms in total. The molecule has 2 aliphatic rings. The molecule has 1 aromatic carbocycles. The van der Waals surface area contributed by atoms with Gasteiger partial charge in [-0.15, -0.1) is 0 Å². The zero-order chi connectivity index (χ0) is 15.4. The van der Waals surface area contributed by atoms with Crippen molar-refractivity contribution in [2.45, 2.75) is 31.4 Å². The molecule has 0 radical (unpaired) electrons. The summed E-state index contributed by atoms with van der Waals surface area (Å²) in [6.07, 6.45) is 0. The van der Waals surface area contributed by atoms with Crippen LogP contribution in [-0.4, -0.2) is 29.2 Å². The lowest BCUT2D eigenvalue weighted by Crippen LogP contribution is -2.33. The van der Waals surface area contributed by atoms with Gasteiger partial charge in [0.05, 0.1) is 16.4 Å². The Bertz CT molecular complexity index is 681. The van der Waals surface area contributed by atoms with Gasteiger partial charge in [0.25, 0.3) is 5.24 Å². The molecule has 110 valence electrons. The maximum absolute atomic E-state index is 12.3. The van der Waals surface area contributed by atoms with E-state index in [4.69, 9.17) is 0 Å². The lowest BCUT2D eigenvalue weighted by Gasteiger charge is -2.20. The number of hydrazone groups is 1. The van der Waals surface area contributed by atoms with Crippen LogP contribution in [0.4, 0.5) is 10.5 Å². The number of hydrogen-bond donors (Lipinski definition) is 1. The van der Waals surface area contributed by atoms with E-state index in [1.165, 1.54) is 11.8 Å². The normalized spacial score (nSPS) is 23.7. The number of amides is 2. The first-order chi connectivity index (χ1) is 9.82. The van der Waals surface area contributed by atoms with Crippen LogP contribution in [-0.2, 0) is 10.2 Å². The molecule has 0 aliphatic carbocycles. The van der Waals surface area contributed by atoms with Crippen LogP contribution in [0.15, 0.2) is 23.3 Å². The van der Waals surface area contributed by atoms with Gasteiger partial charge in [-0.25, -0.2) is 5.43 Å². The number of nitrogens with one attached hydrogen (secondary N) is 1. The Labute approximate surface area is 127 Å². The van der Waals surface area contributed by atoms with Crippen LogP contribution in [0, 0.1) is 0 Å². The monoisotopic (exact) mass is 303 g/mol.